The van der Waals surface area contributed by atoms with Crippen molar-refractivity contribution in [2.24, 2.45) is 0 Å². The molecule has 0 saturated heterocycles. The van der Waals surface area contributed by atoms with Gasteiger partial charge in [-0.3, -0.25) is 0 Å². The van der Waals surface area contributed by atoms with E-state index in [1.807, 2.05) is 0 Å². The monoisotopic (exact) mass is 290 g/mol. The lowest BCUT2D eigenvalue weighted by molar-refractivity contribution is 0.139. The molecule has 4 N–H and O–H groups in total. The molecule has 108 valence electrons. The molecule has 1 aromatic carbocycles. The van der Waals surface area contributed by atoms with Crippen molar-refractivity contribution in [2.75, 3.05) is 33.2 Å². The maximum absolute atomic E-state index is 12.1. The molecule has 1 aromatic rings. The van der Waals surface area contributed by atoms with Crippen LogP contribution in [0.3, 0.4) is 0 Å². The van der Waals surface area contributed by atoms with Crippen LogP contribution in [-0.4, -0.2) is 47.0 Å². The Balaban J connectivity index is 2.99. The van der Waals surface area contributed by atoms with Gasteiger partial charge in [0.1, 0.15) is 5.75 Å². The van der Waals surface area contributed by atoms with Gasteiger partial charge in [0.15, 0.2) is 0 Å². The molecule has 0 fully saturated rings. The first-order valence-electron chi connectivity index (χ1n) is 5.50. The Bertz CT molecular complexity index is 518. The lowest BCUT2D eigenvalue weighted by atomic mass is 10.3. The van der Waals surface area contributed by atoms with E-state index in [2.05, 4.69) is 4.72 Å². The summed E-state index contributed by atoms with van der Waals surface area (Å²) in [5.41, 5.74) is 5.96. The summed E-state index contributed by atoms with van der Waals surface area (Å²) in [5, 5.41) is 9.06. The van der Waals surface area contributed by atoms with E-state index in [4.69, 9.17) is 20.3 Å². The van der Waals surface area contributed by atoms with Gasteiger partial charge < -0.3 is 20.3 Å². The van der Waals surface area contributed by atoms with Crippen molar-refractivity contribution < 1.29 is 23.0 Å². The average molecular weight is 290 g/mol. The Hall–Kier alpha value is -1.35. The minimum Gasteiger partial charge on any atom is -0.495 e. The Morgan fingerprint density at radius 1 is 1.42 bits per heavy atom. The molecule has 19 heavy (non-hydrogen) atoms. The van der Waals surface area contributed by atoms with E-state index in [1.165, 1.54) is 32.4 Å². The van der Waals surface area contributed by atoms with Crippen molar-refractivity contribution in [1.29, 1.82) is 0 Å². The molecule has 1 rings (SSSR count). The standard InChI is InChI=1S/C11H18N2O5S/c1-17-7-8(6-14)13-19(15,16)9-3-4-10(12)11(5-9)18-2/h3-5,8,13-14H,6-7,12H2,1-2H3. The van der Waals surface area contributed by atoms with Gasteiger partial charge >= 0.3 is 0 Å². The second kappa shape index (κ2) is 6.71. The third kappa shape index (κ3) is 4.06. The number of sulfonamides is 1. The summed E-state index contributed by atoms with van der Waals surface area (Å²) < 4.78 is 36.3. The van der Waals surface area contributed by atoms with Gasteiger partial charge in [-0.25, -0.2) is 13.1 Å². The van der Waals surface area contributed by atoms with Crippen molar-refractivity contribution in [3.05, 3.63) is 18.2 Å². The zero-order valence-corrected chi connectivity index (χ0v) is 11.6. The Morgan fingerprint density at radius 3 is 2.63 bits per heavy atom. The van der Waals surface area contributed by atoms with Crippen LogP contribution >= 0.6 is 0 Å². The van der Waals surface area contributed by atoms with Crippen LogP contribution in [-0.2, 0) is 14.8 Å². The van der Waals surface area contributed by atoms with Crippen LogP contribution in [0.5, 0.6) is 5.75 Å². The quantitative estimate of drug-likeness (QED) is 0.587. The zero-order valence-electron chi connectivity index (χ0n) is 10.8. The number of rotatable bonds is 7. The molecule has 0 saturated carbocycles. The van der Waals surface area contributed by atoms with Crippen LogP contribution in [0.2, 0.25) is 0 Å². The zero-order chi connectivity index (χ0) is 14.5. The molecule has 7 nitrogen and oxygen atoms in total. The summed E-state index contributed by atoms with van der Waals surface area (Å²) in [7, 11) is -0.949. The second-order valence-corrected chi connectivity index (χ2v) is 5.57. The van der Waals surface area contributed by atoms with Gasteiger partial charge in [0.25, 0.3) is 0 Å². The molecular formula is C11H18N2O5S. The van der Waals surface area contributed by atoms with E-state index in [0.717, 1.165) is 0 Å². The fraction of sp³-hybridized carbons (Fsp3) is 0.455. The second-order valence-electron chi connectivity index (χ2n) is 3.86. The van der Waals surface area contributed by atoms with Crippen molar-refractivity contribution in [2.45, 2.75) is 10.9 Å². The first kappa shape index (κ1) is 15.7. The van der Waals surface area contributed by atoms with Crippen molar-refractivity contribution in [3.8, 4) is 5.75 Å². The largest absolute Gasteiger partial charge is 0.495 e. The third-order valence-electron chi connectivity index (χ3n) is 2.43. The fourth-order valence-electron chi connectivity index (χ4n) is 1.47. The maximum atomic E-state index is 12.1. The van der Waals surface area contributed by atoms with Gasteiger partial charge in [-0.1, -0.05) is 0 Å². The number of anilines is 1. The summed E-state index contributed by atoms with van der Waals surface area (Å²) in [6.45, 7) is -0.291. The predicted octanol–water partition coefficient (Wildman–Crippen LogP) is -0.437. The van der Waals surface area contributed by atoms with Crippen LogP contribution < -0.4 is 15.2 Å². The Morgan fingerprint density at radius 2 is 2.11 bits per heavy atom. The number of aliphatic hydroxyl groups excluding tert-OH is 1. The fourth-order valence-corrected chi connectivity index (χ4v) is 2.70. The third-order valence-corrected chi connectivity index (χ3v) is 3.94. The molecule has 0 radical (unpaired) electrons. The SMILES string of the molecule is COCC(CO)NS(=O)(=O)c1ccc(N)c(OC)c1. The van der Waals surface area contributed by atoms with E-state index in [9.17, 15) is 8.42 Å². The minimum absolute atomic E-state index is 0.00750. The number of hydrogen-bond acceptors (Lipinski definition) is 6. The summed E-state index contributed by atoms with van der Waals surface area (Å²) in [5.74, 6) is 0.273. The number of nitrogens with two attached hydrogens (primary N) is 1. The number of methoxy groups -OCH3 is 2. The first-order valence-corrected chi connectivity index (χ1v) is 6.98. The van der Waals surface area contributed by atoms with Gasteiger partial charge in [-0.2, -0.15) is 0 Å². The maximum Gasteiger partial charge on any atom is 0.241 e. The van der Waals surface area contributed by atoms with Crippen LogP contribution in [0.25, 0.3) is 0 Å². The molecule has 1 atom stereocenters. The van der Waals surface area contributed by atoms with Crippen LogP contribution in [0.1, 0.15) is 0 Å². The summed E-state index contributed by atoms with van der Waals surface area (Å²) >= 11 is 0. The summed E-state index contributed by atoms with van der Waals surface area (Å²) in [6, 6.07) is 3.41. The van der Waals surface area contributed by atoms with Gasteiger partial charge in [-0.15, -0.1) is 0 Å². The molecule has 0 heterocycles. The Kier molecular flexibility index (Phi) is 5.55. The van der Waals surface area contributed by atoms with Gasteiger partial charge in [0.05, 0.1) is 36.9 Å². The lowest BCUT2D eigenvalue weighted by Crippen LogP contribution is -2.40. The number of nitrogen functional groups attached to an aromatic ring is 1. The van der Waals surface area contributed by atoms with Gasteiger partial charge in [0, 0.05) is 13.2 Å². The van der Waals surface area contributed by atoms with E-state index in [0.29, 0.717) is 5.69 Å². The van der Waals surface area contributed by atoms with Gasteiger partial charge in [0.2, 0.25) is 10.0 Å². The van der Waals surface area contributed by atoms with Gasteiger partial charge in [-0.05, 0) is 12.1 Å². The number of ether oxygens (including phenoxy) is 2. The number of benzene rings is 1. The lowest BCUT2D eigenvalue weighted by Gasteiger charge is -2.16. The highest BCUT2D eigenvalue weighted by molar-refractivity contribution is 7.89. The van der Waals surface area contributed by atoms with Crippen LogP contribution in [0.15, 0.2) is 23.1 Å². The average Bonchev–Trinajstić information content (AvgIpc) is 2.38. The minimum atomic E-state index is -3.77. The normalized spacial score (nSPS) is 13.2. The molecule has 0 bridgehead atoms. The van der Waals surface area contributed by atoms with Crippen molar-refractivity contribution in [1.82, 2.24) is 4.72 Å². The highest BCUT2D eigenvalue weighted by Gasteiger charge is 2.20. The molecule has 0 spiro atoms. The van der Waals surface area contributed by atoms with Crippen molar-refractivity contribution >= 4 is 15.7 Å². The van der Waals surface area contributed by atoms with E-state index >= 15 is 0 Å². The smallest absolute Gasteiger partial charge is 0.241 e. The first-order chi connectivity index (χ1) is 8.94. The van der Waals surface area contributed by atoms with E-state index in [-0.39, 0.29) is 23.9 Å². The molecular weight excluding hydrogens is 272 g/mol. The van der Waals surface area contributed by atoms with Crippen molar-refractivity contribution in [3.63, 3.8) is 0 Å². The Labute approximate surface area is 112 Å². The van der Waals surface area contributed by atoms with E-state index < -0.39 is 16.1 Å². The molecule has 8 heteroatoms. The summed E-state index contributed by atoms with van der Waals surface area (Å²) in [6.07, 6.45) is 0. The molecule has 0 aliphatic carbocycles. The number of hydrogen-bond donors (Lipinski definition) is 3. The number of nitrogens with one attached hydrogen (secondary N) is 1. The molecule has 0 amide bonds. The molecule has 1 unspecified atom stereocenters. The highest BCUT2D eigenvalue weighted by Crippen LogP contribution is 2.24. The van der Waals surface area contributed by atoms with Crippen LogP contribution in [0, 0.1) is 0 Å². The predicted molar refractivity (Wildman–Crippen MR) is 70.5 cm³/mol. The molecule has 0 aliphatic heterocycles. The molecule has 0 aromatic heterocycles. The van der Waals surface area contributed by atoms with Crippen LogP contribution in [0.4, 0.5) is 5.69 Å². The molecule has 0 aliphatic rings. The number of aliphatic hydroxyl groups is 1. The highest BCUT2D eigenvalue weighted by atomic mass is 32.2. The topological polar surface area (TPSA) is 111 Å². The summed E-state index contributed by atoms with van der Waals surface area (Å²) in [4.78, 5) is 0.00750. The van der Waals surface area contributed by atoms with E-state index in [1.54, 1.807) is 0 Å².